The monoisotopic (exact) mass is 376 g/mol. The van der Waals surface area contributed by atoms with Crippen molar-refractivity contribution in [2.24, 2.45) is 5.92 Å². The number of nitrogens with two attached hydrogens (primary N) is 1. The number of amides is 1. The summed E-state index contributed by atoms with van der Waals surface area (Å²) in [4.78, 5) is 40.7. The highest BCUT2D eigenvalue weighted by Gasteiger charge is 2.23. The number of hydrogen-bond donors (Lipinski definition) is 2. The molecule has 9 nitrogen and oxygen atoms in total. The van der Waals surface area contributed by atoms with Gasteiger partial charge in [-0.3, -0.25) is 24.0 Å². The Kier molecular flexibility index (Phi) is 6.78. The molecule has 146 valence electrons. The second-order valence-electron chi connectivity index (χ2n) is 6.33. The highest BCUT2D eigenvalue weighted by Crippen LogP contribution is 2.18. The molecular weight excluding hydrogens is 352 g/mol. The number of nitrogen functional groups attached to an aromatic ring is 1. The second kappa shape index (κ2) is 9.04. The van der Waals surface area contributed by atoms with Gasteiger partial charge in [-0.05, 0) is 24.1 Å². The van der Waals surface area contributed by atoms with E-state index in [4.69, 9.17) is 14.9 Å². The summed E-state index contributed by atoms with van der Waals surface area (Å²) < 4.78 is 11.4. The van der Waals surface area contributed by atoms with E-state index in [1.54, 1.807) is 12.1 Å². The minimum atomic E-state index is -0.728. The van der Waals surface area contributed by atoms with Crippen LogP contribution in [0, 0.1) is 5.92 Å². The summed E-state index contributed by atoms with van der Waals surface area (Å²) in [6, 6.07) is 3.38. The molecule has 2 aromatic rings. The van der Waals surface area contributed by atoms with Gasteiger partial charge in [-0.15, -0.1) is 0 Å². The number of rotatable bonds is 8. The van der Waals surface area contributed by atoms with Gasteiger partial charge in [0.05, 0.1) is 12.9 Å². The predicted octanol–water partition coefficient (Wildman–Crippen LogP) is 1.06. The van der Waals surface area contributed by atoms with E-state index in [2.05, 4.69) is 4.98 Å². The Morgan fingerprint density at radius 2 is 2.19 bits per heavy atom. The standard InChI is InChI=1S/C18H24N4O5/c1-12(2)11-22-16(19)15(17(24)20-18(22)25)21(8-10-26-3)14(23)7-6-13-5-4-9-27-13/h4-7,9,12H,8,10-11,19H2,1-3H3,(H,20,24,25)/b7-6+. The lowest BCUT2D eigenvalue weighted by Gasteiger charge is -2.23. The molecule has 27 heavy (non-hydrogen) atoms. The number of furan rings is 1. The minimum Gasteiger partial charge on any atom is -0.465 e. The molecule has 0 fully saturated rings. The third kappa shape index (κ3) is 4.98. The van der Waals surface area contributed by atoms with Gasteiger partial charge < -0.3 is 14.9 Å². The van der Waals surface area contributed by atoms with Crippen LogP contribution < -0.4 is 21.9 Å². The van der Waals surface area contributed by atoms with Gasteiger partial charge in [0.15, 0.2) is 5.69 Å². The lowest BCUT2D eigenvalue weighted by atomic mass is 10.2. The molecule has 0 unspecified atom stereocenters. The molecule has 1 amide bonds. The molecule has 9 heteroatoms. The molecule has 2 rings (SSSR count). The zero-order chi connectivity index (χ0) is 20.0. The molecule has 3 N–H and O–H groups in total. The molecule has 0 bridgehead atoms. The molecule has 0 spiro atoms. The number of hydrogen-bond acceptors (Lipinski definition) is 6. The molecule has 2 aromatic heterocycles. The largest absolute Gasteiger partial charge is 0.465 e. The Balaban J connectivity index is 2.48. The second-order valence-corrected chi connectivity index (χ2v) is 6.33. The van der Waals surface area contributed by atoms with Crippen LogP contribution in [0.5, 0.6) is 0 Å². The van der Waals surface area contributed by atoms with E-state index < -0.39 is 17.2 Å². The summed E-state index contributed by atoms with van der Waals surface area (Å²) in [5, 5.41) is 0. The van der Waals surface area contributed by atoms with Crippen molar-refractivity contribution in [3.63, 3.8) is 0 Å². The van der Waals surface area contributed by atoms with Crippen molar-refractivity contribution in [3.8, 4) is 0 Å². The fraction of sp³-hybridized carbons (Fsp3) is 0.389. The van der Waals surface area contributed by atoms with Gasteiger partial charge in [-0.25, -0.2) is 4.79 Å². The van der Waals surface area contributed by atoms with Gasteiger partial charge in [0.2, 0.25) is 0 Å². The molecule has 0 saturated heterocycles. The number of methoxy groups -OCH3 is 1. The SMILES string of the molecule is COCCN(C(=O)/C=C/c1ccco1)c1c(N)n(CC(C)C)c(=O)[nH]c1=O. The van der Waals surface area contributed by atoms with Crippen LogP contribution in [0.4, 0.5) is 11.5 Å². The molecular formula is C18H24N4O5. The van der Waals surface area contributed by atoms with E-state index in [1.165, 1.54) is 35.0 Å². The van der Waals surface area contributed by atoms with Crippen molar-refractivity contribution in [2.45, 2.75) is 20.4 Å². The smallest absolute Gasteiger partial charge is 0.330 e. The highest BCUT2D eigenvalue weighted by molar-refractivity contribution is 6.04. The Labute approximate surface area is 156 Å². The first-order chi connectivity index (χ1) is 12.8. The lowest BCUT2D eigenvalue weighted by Crippen LogP contribution is -2.42. The zero-order valence-electron chi connectivity index (χ0n) is 15.6. The van der Waals surface area contributed by atoms with Crippen LogP contribution in [0.3, 0.4) is 0 Å². The number of carbonyl (C=O) groups is 1. The number of aromatic nitrogens is 2. The minimum absolute atomic E-state index is 0.0618. The van der Waals surface area contributed by atoms with Gasteiger partial charge >= 0.3 is 5.69 Å². The number of carbonyl (C=O) groups excluding carboxylic acids is 1. The van der Waals surface area contributed by atoms with Crippen molar-refractivity contribution in [3.05, 3.63) is 51.1 Å². The lowest BCUT2D eigenvalue weighted by molar-refractivity contribution is -0.114. The van der Waals surface area contributed by atoms with Gasteiger partial charge in [0.1, 0.15) is 11.6 Å². The Morgan fingerprint density at radius 1 is 1.44 bits per heavy atom. The van der Waals surface area contributed by atoms with Crippen LogP contribution in [0.25, 0.3) is 6.08 Å². The van der Waals surface area contributed by atoms with Crippen LogP contribution in [-0.4, -0.2) is 35.7 Å². The number of aromatic amines is 1. The normalized spacial score (nSPS) is 11.4. The summed E-state index contributed by atoms with van der Waals surface area (Å²) in [6.07, 6.45) is 4.24. The van der Waals surface area contributed by atoms with Crippen molar-refractivity contribution >= 4 is 23.5 Å². The molecule has 0 aliphatic rings. The Bertz CT molecular complexity index is 909. The number of H-pyrrole nitrogens is 1. The molecule has 0 aliphatic heterocycles. The van der Waals surface area contributed by atoms with E-state index in [0.29, 0.717) is 12.3 Å². The Morgan fingerprint density at radius 3 is 2.78 bits per heavy atom. The molecule has 0 saturated carbocycles. The fourth-order valence-corrected chi connectivity index (χ4v) is 2.53. The summed E-state index contributed by atoms with van der Waals surface area (Å²) >= 11 is 0. The van der Waals surface area contributed by atoms with Crippen LogP contribution in [0.1, 0.15) is 19.6 Å². The maximum atomic E-state index is 12.7. The average Bonchev–Trinajstić information content (AvgIpc) is 3.12. The van der Waals surface area contributed by atoms with Gasteiger partial charge in [-0.1, -0.05) is 13.8 Å². The molecule has 0 aromatic carbocycles. The number of nitrogens with zero attached hydrogens (tertiary/aromatic N) is 2. The fourth-order valence-electron chi connectivity index (χ4n) is 2.53. The first-order valence-electron chi connectivity index (χ1n) is 8.49. The maximum Gasteiger partial charge on any atom is 0.330 e. The van der Waals surface area contributed by atoms with Gasteiger partial charge in [0.25, 0.3) is 11.5 Å². The molecule has 0 radical (unpaired) electrons. The van der Waals surface area contributed by atoms with Crippen LogP contribution >= 0.6 is 0 Å². The third-order valence-corrected chi connectivity index (χ3v) is 3.75. The van der Waals surface area contributed by atoms with E-state index in [-0.39, 0.29) is 30.6 Å². The van der Waals surface area contributed by atoms with Crippen molar-refractivity contribution in [1.29, 1.82) is 0 Å². The number of anilines is 2. The summed E-state index contributed by atoms with van der Waals surface area (Å²) in [6.45, 7) is 4.41. The van der Waals surface area contributed by atoms with Gasteiger partial charge in [-0.2, -0.15) is 0 Å². The summed E-state index contributed by atoms with van der Waals surface area (Å²) in [5.41, 5.74) is 4.68. The molecule has 0 aliphatic carbocycles. The first kappa shape index (κ1) is 20.2. The zero-order valence-corrected chi connectivity index (χ0v) is 15.6. The molecule has 2 heterocycles. The maximum absolute atomic E-state index is 12.7. The first-order valence-corrected chi connectivity index (χ1v) is 8.49. The van der Waals surface area contributed by atoms with Crippen LogP contribution in [-0.2, 0) is 16.1 Å². The van der Waals surface area contributed by atoms with Crippen LogP contribution in [0.2, 0.25) is 0 Å². The van der Waals surface area contributed by atoms with Crippen LogP contribution in [0.15, 0.2) is 38.5 Å². The van der Waals surface area contributed by atoms with Gasteiger partial charge in [0, 0.05) is 26.3 Å². The van der Waals surface area contributed by atoms with E-state index >= 15 is 0 Å². The summed E-state index contributed by atoms with van der Waals surface area (Å²) in [7, 11) is 1.48. The average molecular weight is 376 g/mol. The van der Waals surface area contributed by atoms with E-state index in [0.717, 1.165) is 0 Å². The quantitative estimate of drug-likeness (QED) is 0.664. The third-order valence-electron chi connectivity index (χ3n) is 3.75. The van der Waals surface area contributed by atoms with E-state index in [1.807, 2.05) is 13.8 Å². The van der Waals surface area contributed by atoms with Crippen molar-refractivity contribution < 1.29 is 13.9 Å². The van der Waals surface area contributed by atoms with Crippen molar-refractivity contribution in [1.82, 2.24) is 9.55 Å². The topological polar surface area (TPSA) is 124 Å². The summed E-state index contributed by atoms with van der Waals surface area (Å²) in [5.74, 6) is 0.0520. The Hall–Kier alpha value is -3.07. The van der Waals surface area contributed by atoms with E-state index in [9.17, 15) is 14.4 Å². The van der Waals surface area contributed by atoms with Crippen molar-refractivity contribution in [2.75, 3.05) is 30.9 Å². The molecule has 0 atom stereocenters. The predicted molar refractivity (Wildman–Crippen MR) is 103 cm³/mol. The number of nitrogens with one attached hydrogen (secondary N) is 1. The number of ether oxygens (including phenoxy) is 1. The highest BCUT2D eigenvalue weighted by atomic mass is 16.5.